The van der Waals surface area contributed by atoms with Gasteiger partial charge in [-0.1, -0.05) is 0 Å². The van der Waals surface area contributed by atoms with Crippen LogP contribution in [0.4, 0.5) is 0 Å². The first-order chi connectivity index (χ1) is 14.8. The highest BCUT2D eigenvalue weighted by Gasteiger charge is 2.43. The van der Waals surface area contributed by atoms with Crippen molar-refractivity contribution in [3.8, 4) is 0 Å². The monoisotopic (exact) mass is 462 g/mol. The van der Waals surface area contributed by atoms with E-state index < -0.39 is 72.0 Å². The first kappa shape index (κ1) is 29.8. The molecule has 0 aliphatic heterocycles. The molecule has 0 saturated heterocycles. The lowest BCUT2D eigenvalue weighted by Gasteiger charge is -2.34. The SMILES string of the molecule is CC(=O)CC(=O)CCC(CC(C)=O)(OO)OOC(CCC(=O)CC(C)=O)(CC(C)=O)OO. The molecule has 2 unspecified atom stereocenters. The topological polar surface area (TPSA) is 180 Å². The summed E-state index contributed by atoms with van der Waals surface area (Å²) in [5, 5.41) is 18.8. The van der Waals surface area contributed by atoms with Gasteiger partial charge in [0.15, 0.2) is 0 Å². The maximum Gasteiger partial charge on any atom is 0.241 e. The quantitative estimate of drug-likeness (QED) is 0.123. The first-order valence-corrected chi connectivity index (χ1v) is 9.82. The number of rotatable bonds is 19. The van der Waals surface area contributed by atoms with Gasteiger partial charge in [-0.2, -0.15) is 9.78 Å². The average molecular weight is 462 g/mol. The van der Waals surface area contributed by atoms with Crippen molar-refractivity contribution in [2.75, 3.05) is 0 Å². The molecule has 0 fully saturated rings. The van der Waals surface area contributed by atoms with E-state index in [-0.39, 0.29) is 25.7 Å². The summed E-state index contributed by atoms with van der Waals surface area (Å²) in [4.78, 5) is 87.9. The lowest BCUT2D eigenvalue weighted by molar-refractivity contribution is -0.571. The summed E-state index contributed by atoms with van der Waals surface area (Å²) in [6.45, 7) is 4.70. The number of ketones is 6. The molecule has 2 N–H and O–H groups in total. The number of hydrogen-bond acceptors (Lipinski definition) is 12. The Labute approximate surface area is 184 Å². The Balaban J connectivity index is 5.58. The van der Waals surface area contributed by atoms with Crippen LogP contribution in [0, 0.1) is 0 Å². The molecular weight excluding hydrogens is 432 g/mol. The van der Waals surface area contributed by atoms with Crippen molar-refractivity contribution in [1.29, 1.82) is 0 Å². The fourth-order valence-electron chi connectivity index (χ4n) is 2.81. The van der Waals surface area contributed by atoms with E-state index in [1.54, 1.807) is 0 Å². The smallest absolute Gasteiger partial charge is 0.241 e. The van der Waals surface area contributed by atoms with Crippen LogP contribution in [0.3, 0.4) is 0 Å². The van der Waals surface area contributed by atoms with Gasteiger partial charge in [-0.15, -0.1) is 0 Å². The van der Waals surface area contributed by atoms with E-state index in [9.17, 15) is 39.3 Å². The van der Waals surface area contributed by atoms with Crippen LogP contribution < -0.4 is 0 Å². The predicted molar refractivity (Wildman–Crippen MR) is 105 cm³/mol. The Morgan fingerprint density at radius 3 is 1.12 bits per heavy atom. The predicted octanol–water partition coefficient (Wildman–Crippen LogP) is 1.92. The number of carbonyl (C=O) groups excluding carboxylic acids is 6. The fraction of sp³-hybridized carbons (Fsp3) is 0.700. The Kier molecular flexibility index (Phi) is 13.1. The Morgan fingerprint density at radius 1 is 0.594 bits per heavy atom. The molecule has 0 radical (unpaired) electrons. The number of carbonyl (C=O) groups is 6. The zero-order valence-corrected chi connectivity index (χ0v) is 18.6. The van der Waals surface area contributed by atoms with Gasteiger partial charge in [0.2, 0.25) is 11.6 Å². The van der Waals surface area contributed by atoms with Gasteiger partial charge < -0.3 is 0 Å². The molecule has 182 valence electrons. The van der Waals surface area contributed by atoms with Gasteiger partial charge >= 0.3 is 0 Å². The maximum atomic E-state index is 11.9. The molecule has 0 amide bonds. The largest absolute Gasteiger partial charge is 0.300 e. The standard InChI is InChI=1S/C20H30O12/c1-13(21)9-17(25)5-7-19(29-27,11-15(3)23)31-32-20(30-28,12-16(4)24)8-6-18(26)10-14(2)22/h27-28H,5-12H2,1-4H3. The van der Waals surface area contributed by atoms with E-state index in [0.717, 1.165) is 13.8 Å². The van der Waals surface area contributed by atoms with Crippen molar-refractivity contribution < 1.29 is 58.8 Å². The molecule has 0 bridgehead atoms. The second kappa shape index (κ2) is 14.0. The highest BCUT2D eigenvalue weighted by Crippen LogP contribution is 2.31. The fourth-order valence-corrected chi connectivity index (χ4v) is 2.81. The van der Waals surface area contributed by atoms with Gasteiger partial charge in [0.1, 0.15) is 34.7 Å². The van der Waals surface area contributed by atoms with Gasteiger partial charge in [0, 0.05) is 25.7 Å². The third-order valence-corrected chi connectivity index (χ3v) is 4.18. The Morgan fingerprint density at radius 2 is 0.906 bits per heavy atom. The second-order valence-electron chi connectivity index (χ2n) is 7.76. The minimum absolute atomic E-state index is 0.340. The molecule has 12 nitrogen and oxygen atoms in total. The second-order valence-corrected chi connectivity index (χ2v) is 7.76. The van der Waals surface area contributed by atoms with Crippen LogP contribution in [0.2, 0.25) is 0 Å². The summed E-state index contributed by atoms with van der Waals surface area (Å²) in [5.74, 6) is -7.37. The number of hydrogen-bond donors (Lipinski definition) is 2. The summed E-state index contributed by atoms with van der Waals surface area (Å²) in [7, 11) is 0. The highest BCUT2D eigenvalue weighted by molar-refractivity contribution is 5.98. The Hall–Kier alpha value is -2.22. The molecule has 0 aromatic rings. The highest BCUT2D eigenvalue weighted by atomic mass is 17.3. The normalized spacial score (nSPS) is 14.8. The van der Waals surface area contributed by atoms with Crippen LogP contribution in [-0.4, -0.2) is 56.8 Å². The molecular formula is C20H30O12. The molecule has 2 atom stereocenters. The van der Waals surface area contributed by atoms with Crippen molar-refractivity contribution in [1.82, 2.24) is 0 Å². The summed E-state index contributed by atoms with van der Waals surface area (Å²) < 4.78 is 0. The van der Waals surface area contributed by atoms with Crippen molar-refractivity contribution in [2.24, 2.45) is 0 Å². The van der Waals surface area contributed by atoms with E-state index >= 15 is 0 Å². The third-order valence-electron chi connectivity index (χ3n) is 4.18. The number of Topliss-reactive ketones (excluding diaryl/α,β-unsaturated/α-hetero) is 6. The molecule has 0 spiro atoms. The average Bonchev–Trinajstić information content (AvgIpc) is 2.66. The van der Waals surface area contributed by atoms with Crippen molar-refractivity contribution >= 4 is 34.7 Å². The summed E-state index contributed by atoms with van der Waals surface area (Å²) >= 11 is 0. The minimum Gasteiger partial charge on any atom is -0.300 e. The van der Waals surface area contributed by atoms with Crippen LogP contribution in [-0.2, 0) is 48.3 Å². The third kappa shape index (κ3) is 12.0. The molecule has 0 aromatic heterocycles. The van der Waals surface area contributed by atoms with E-state index in [4.69, 9.17) is 9.78 Å². The summed E-state index contributed by atoms with van der Waals surface area (Å²) in [6.07, 6.45) is -3.52. The molecule has 12 heteroatoms. The van der Waals surface area contributed by atoms with Crippen LogP contribution >= 0.6 is 0 Å². The van der Waals surface area contributed by atoms with Gasteiger partial charge in [0.05, 0.1) is 25.7 Å². The van der Waals surface area contributed by atoms with Gasteiger partial charge in [-0.3, -0.25) is 28.8 Å². The van der Waals surface area contributed by atoms with E-state index in [1.165, 1.54) is 13.8 Å². The van der Waals surface area contributed by atoms with E-state index in [1.807, 2.05) is 0 Å². The molecule has 0 aliphatic rings. The van der Waals surface area contributed by atoms with Gasteiger partial charge in [-0.05, 0) is 27.7 Å². The van der Waals surface area contributed by atoms with Gasteiger partial charge in [0.25, 0.3) is 0 Å². The zero-order valence-electron chi connectivity index (χ0n) is 18.6. The molecule has 0 rings (SSSR count). The Bertz CT molecular complexity index is 655. The van der Waals surface area contributed by atoms with Crippen LogP contribution in [0.15, 0.2) is 0 Å². The lowest BCUT2D eigenvalue weighted by Crippen LogP contribution is -2.45. The molecule has 0 saturated carbocycles. The van der Waals surface area contributed by atoms with E-state index in [0.29, 0.717) is 0 Å². The van der Waals surface area contributed by atoms with Crippen LogP contribution in [0.25, 0.3) is 0 Å². The summed E-state index contributed by atoms with van der Waals surface area (Å²) in [6, 6.07) is 0. The molecule has 0 heterocycles. The first-order valence-electron chi connectivity index (χ1n) is 9.82. The van der Waals surface area contributed by atoms with Gasteiger partial charge in [-0.25, -0.2) is 20.3 Å². The molecule has 0 aliphatic carbocycles. The van der Waals surface area contributed by atoms with Crippen LogP contribution in [0.1, 0.15) is 79.1 Å². The molecule has 0 aromatic carbocycles. The maximum absolute atomic E-state index is 11.9. The molecule has 32 heavy (non-hydrogen) atoms. The zero-order chi connectivity index (χ0) is 24.9. The van der Waals surface area contributed by atoms with Crippen molar-refractivity contribution in [3.05, 3.63) is 0 Å². The lowest BCUT2D eigenvalue weighted by atomic mass is 10.0. The van der Waals surface area contributed by atoms with Crippen molar-refractivity contribution in [3.63, 3.8) is 0 Å². The van der Waals surface area contributed by atoms with Crippen molar-refractivity contribution in [2.45, 2.75) is 90.6 Å². The van der Waals surface area contributed by atoms with E-state index in [2.05, 4.69) is 9.78 Å². The summed E-state index contributed by atoms with van der Waals surface area (Å²) in [5.41, 5.74) is 0. The minimum atomic E-state index is -2.23. The van der Waals surface area contributed by atoms with Crippen LogP contribution in [0.5, 0.6) is 0 Å².